The molecule has 34 heavy (non-hydrogen) atoms. The van der Waals surface area contributed by atoms with Crippen LogP contribution in [-0.2, 0) is 11.4 Å². The molecule has 0 unspecified atom stereocenters. The number of anilines is 1. The number of hydrogen-bond donors (Lipinski definition) is 1. The number of halogens is 3. The summed E-state index contributed by atoms with van der Waals surface area (Å²) in [7, 11) is 0. The summed E-state index contributed by atoms with van der Waals surface area (Å²) < 4.78 is 12.4. The lowest BCUT2D eigenvalue weighted by atomic mass is 10.1. The first-order valence-corrected chi connectivity index (χ1v) is 11.9. The number of nitriles is 1. The lowest BCUT2D eigenvalue weighted by molar-refractivity contribution is -0.112. The van der Waals surface area contributed by atoms with Crippen molar-refractivity contribution < 1.29 is 14.3 Å². The van der Waals surface area contributed by atoms with Gasteiger partial charge in [0.15, 0.2) is 11.5 Å². The standard InChI is InChI=1S/C26H21BrCl2N2O3/c1-3-33-24-12-17(10-19(14-30)26(32)31-23-7-5-4-6-16(23)2)11-21(27)25(24)34-15-18-8-9-20(28)13-22(18)29/h4-13H,3,15H2,1-2H3,(H,31,32)/b19-10-. The molecule has 0 aliphatic rings. The Bertz CT molecular complexity index is 1290. The third kappa shape index (κ3) is 6.54. The van der Waals surface area contributed by atoms with Crippen LogP contribution in [0.25, 0.3) is 6.08 Å². The lowest BCUT2D eigenvalue weighted by Crippen LogP contribution is -2.14. The number of ether oxygens (including phenoxy) is 2. The molecule has 5 nitrogen and oxygen atoms in total. The second-order valence-electron chi connectivity index (χ2n) is 7.23. The van der Waals surface area contributed by atoms with Gasteiger partial charge in [-0.1, -0.05) is 47.5 Å². The van der Waals surface area contributed by atoms with Crippen molar-refractivity contribution in [3.8, 4) is 17.6 Å². The highest BCUT2D eigenvalue weighted by molar-refractivity contribution is 9.10. The Hall–Kier alpha value is -2.98. The molecule has 3 aromatic rings. The van der Waals surface area contributed by atoms with E-state index >= 15 is 0 Å². The number of rotatable bonds is 8. The topological polar surface area (TPSA) is 71.3 Å². The van der Waals surface area contributed by atoms with Crippen LogP contribution in [0.2, 0.25) is 10.0 Å². The van der Waals surface area contributed by atoms with E-state index in [1.54, 1.807) is 36.4 Å². The van der Waals surface area contributed by atoms with Gasteiger partial charge in [-0.25, -0.2) is 0 Å². The zero-order valence-electron chi connectivity index (χ0n) is 18.5. The van der Waals surface area contributed by atoms with Gasteiger partial charge in [0.2, 0.25) is 0 Å². The Morgan fingerprint density at radius 2 is 1.91 bits per heavy atom. The Morgan fingerprint density at radius 1 is 1.15 bits per heavy atom. The Balaban J connectivity index is 1.87. The average molecular weight is 560 g/mol. The zero-order valence-corrected chi connectivity index (χ0v) is 21.6. The number of hydrogen-bond acceptors (Lipinski definition) is 4. The number of carbonyl (C=O) groups is 1. The second-order valence-corrected chi connectivity index (χ2v) is 8.92. The fraction of sp³-hybridized carbons (Fsp3) is 0.154. The molecule has 0 radical (unpaired) electrons. The SMILES string of the molecule is CCOc1cc(/C=C(/C#N)C(=O)Nc2ccccc2C)cc(Br)c1OCc1ccc(Cl)cc1Cl. The van der Waals surface area contributed by atoms with Gasteiger partial charge in [-0.15, -0.1) is 0 Å². The molecule has 8 heteroatoms. The minimum atomic E-state index is -0.497. The van der Waals surface area contributed by atoms with Crippen molar-refractivity contribution >= 4 is 56.8 Å². The number of carbonyl (C=O) groups excluding carboxylic acids is 1. The van der Waals surface area contributed by atoms with Crippen molar-refractivity contribution in [2.45, 2.75) is 20.5 Å². The van der Waals surface area contributed by atoms with E-state index < -0.39 is 5.91 Å². The zero-order chi connectivity index (χ0) is 24.7. The van der Waals surface area contributed by atoms with Gasteiger partial charge < -0.3 is 14.8 Å². The maximum Gasteiger partial charge on any atom is 0.266 e. The molecule has 0 spiro atoms. The number of nitrogens with one attached hydrogen (secondary N) is 1. The molecular formula is C26H21BrCl2N2O3. The van der Waals surface area contributed by atoms with E-state index in [-0.39, 0.29) is 12.2 Å². The quantitative estimate of drug-likeness (QED) is 0.228. The smallest absolute Gasteiger partial charge is 0.266 e. The predicted molar refractivity (Wildman–Crippen MR) is 140 cm³/mol. The summed E-state index contributed by atoms with van der Waals surface area (Å²) in [6, 6.07) is 18.0. The third-order valence-electron chi connectivity index (χ3n) is 4.79. The van der Waals surface area contributed by atoms with Gasteiger partial charge in [0.05, 0.1) is 11.1 Å². The molecule has 3 rings (SSSR count). The summed E-state index contributed by atoms with van der Waals surface area (Å²) in [5, 5.41) is 13.4. The fourth-order valence-electron chi connectivity index (χ4n) is 3.08. The average Bonchev–Trinajstić information content (AvgIpc) is 2.79. The summed E-state index contributed by atoms with van der Waals surface area (Å²) >= 11 is 15.7. The largest absolute Gasteiger partial charge is 0.490 e. The third-order valence-corrected chi connectivity index (χ3v) is 5.96. The van der Waals surface area contributed by atoms with Gasteiger partial charge in [-0.05, 0) is 77.3 Å². The van der Waals surface area contributed by atoms with Crippen LogP contribution in [0.1, 0.15) is 23.6 Å². The lowest BCUT2D eigenvalue weighted by Gasteiger charge is -2.15. The van der Waals surface area contributed by atoms with Crippen molar-refractivity contribution in [3.05, 3.63) is 91.4 Å². The minimum absolute atomic E-state index is 0.0424. The number of nitrogens with zero attached hydrogens (tertiary/aromatic N) is 1. The normalized spacial score (nSPS) is 11.0. The molecule has 3 aromatic carbocycles. The number of benzene rings is 3. The van der Waals surface area contributed by atoms with Crippen LogP contribution in [0.5, 0.6) is 11.5 Å². The van der Waals surface area contributed by atoms with Crippen molar-refractivity contribution in [3.63, 3.8) is 0 Å². The van der Waals surface area contributed by atoms with Crippen LogP contribution in [-0.4, -0.2) is 12.5 Å². The van der Waals surface area contributed by atoms with Crippen molar-refractivity contribution in [2.24, 2.45) is 0 Å². The molecule has 1 amide bonds. The molecule has 0 aromatic heterocycles. The molecule has 0 heterocycles. The highest BCUT2D eigenvalue weighted by Gasteiger charge is 2.16. The predicted octanol–water partition coefficient (Wildman–Crippen LogP) is 7.59. The summed E-state index contributed by atoms with van der Waals surface area (Å²) in [6.07, 6.45) is 1.50. The molecule has 0 aliphatic carbocycles. The van der Waals surface area contributed by atoms with Crippen molar-refractivity contribution in [1.82, 2.24) is 0 Å². The van der Waals surface area contributed by atoms with Gasteiger partial charge in [0.1, 0.15) is 18.2 Å². The summed E-state index contributed by atoms with van der Waals surface area (Å²) in [5.74, 6) is 0.446. The summed E-state index contributed by atoms with van der Waals surface area (Å²) in [4.78, 5) is 12.7. The maximum atomic E-state index is 12.7. The summed E-state index contributed by atoms with van der Waals surface area (Å²) in [6.45, 7) is 4.34. The van der Waals surface area contributed by atoms with E-state index in [0.29, 0.717) is 43.9 Å². The van der Waals surface area contributed by atoms with Crippen LogP contribution in [0, 0.1) is 18.3 Å². The molecule has 0 saturated heterocycles. The molecule has 174 valence electrons. The molecular weight excluding hydrogens is 539 g/mol. The molecule has 0 aliphatic heterocycles. The van der Waals surface area contributed by atoms with E-state index in [9.17, 15) is 10.1 Å². The van der Waals surface area contributed by atoms with E-state index in [4.69, 9.17) is 32.7 Å². The van der Waals surface area contributed by atoms with Gasteiger partial charge >= 0.3 is 0 Å². The van der Waals surface area contributed by atoms with E-state index in [2.05, 4.69) is 21.2 Å². The molecule has 0 fully saturated rings. The van der Waals surface area contributed by atoms with Crippen LogP contribution in [0.3, 0.4) is 0 Å². The highest BCUT2D eigenvalue weighted by Crippen LogP contribution is 2.38. The van der Waals surface area contributed by atoms with Gasteiger partial charge in [0.25, 0.3) is 5.91 Å². The van der Waals surface area contributed by atoms with Crippen LogP contribution in [0.4, 0.5) is 5.69 Å². The Labute approximate surface area is 217 Å². The molecule has 0 saturated carbocycles. The van der Waals surface area contributed by atoms with E-state index in [1.165, 1.54) is 6.08 Å². The molecule has 0 atom stereocenters. The van der Waals surface area contributed by atoms with E-state index in [1.807, 2.05) is 38.1 Å². The first-order chi connectivity index (χ1) is 16.3. The van der Waals surface area contributed by atoms with Crippen LogP contribution >= 0.6 is 39.1 Å². The monoisotopic (exact) mass is 558 g/mol. The molecule has 1 N–H and O–H groups in total. The van der Waals surface area contributed by atoms with Crippen LogP contribution in [0.15, 0.2) is 64.6 Å². The summed E-state index contributed by atoms with van der Waals surface area (Å²) in [5.41, 5.74) is 2.87. The fourth-order valence-corrected chi connectivity index (χ4v) is 4.12. The first-order valence-electron chi connectivity index (χ1n) is 10.3. The first kappa shape index (κ1) is 25.6. The second kappa shape index (κ2) is 11.9. The molecule has 0 bridgehead atoms. The van der Waals surface area contributed by atoms with Crippen molar-refractivity contribution in [2.75, 3.05) is 11.9 Å². The van der Waals surface area contributed by atoms with E-state index in [0.717, 1.165) is 11.1 Å². The number of amides is 1. The highest BCUT2D eigenvalue weighted by atomic mass is 79.9. The Morgan fingerprint density at radius 3 is 2.59 bits per heavy atom. The maximum absolute atomic E-state index is 12.7. The van der Waals surface area contributed by atoms with Crippen molar-refractivity contribution in [1.29, 1.82) is 5.26 Å². The minimum Gasteiger partial charge on any atom is -0.490 e. The van der Waals surface area contributed by atoms with Crippen LogP contribution < -0.4 is 14.8 Å². The number of para-hydroxylation sites is 1. The van der Waals surface area contributed by atoms with Gasteiger partial charge in [-0.3, -0.25) is 4.79 Å². The van der Waals surface area contributed by atoms with Gasteiger partial charge in [-0.2, -0.15) is 5.26 Å². The van der Waals surface area contributed by atoms with Gasteiger partial charge in [0, 0.05) is 21.3 Å². The number of aryl methyl sites for hydroxylation is 1. The Kier molecular flexibility index (Phi) is 9.00.